The molecule has 13 nitrogen and oxygen atoms in total. The van der Waals surface area contributed by atoms with Crippen LogP contribution in [0.15, 0.2) is 0 Å². The molecule has 5 amide bonds. The highest BCUT2D eigenvalue weighted by atomic mass is 32.2. The summed E-state index contributed by atoms with van der Waals surface area (Å²) in [6, 6.07) is -3.23. The Labute approximate surface area is 297 Å². The lowest BCUT2D eigenvalue weighted by Crippen LogP contribution is -2.63. The van der Waals surface area contributed by atoms with Crippen LogP contribution in [0.1, 0.15) is 123 Å². The number of rotatable bonds is 6. The van der Waals surface area contributed by atoms with E-state index in [2.05, 4.69) is 35.1 Å². The van der Waals surface area contributed by atoms with Gasteiger partial charge >= 0.3 is 6.03 Å². The maximum atomic E-state index is 14.5. The number of nitrogens with zero attached hydrogens (tertiary/aromatic N) is 2. The smallest absolute Gasteiger partial charge is 0.315 e. The van der Waals surface area contributed by atoms with Crippen LogP contribution in [0, 0.1) is 17.3 Å². The Morgan fingerprint density at radius 1 is 0.820 bits per heavy atom. The van der Waals surface area contributed by atoms with Gasteiger partial charge in [0.1, 0.15) is 12.1 Å². The largest absolute Gasteiger partial charge is 0.347 e. The predicted molar refractivity (Wildman–Crippen MR) is 187 cm³/mol. The van der Waals surface area contributed by atoms with E-state index in [1.807, 2.05) is 0 Å². The SMILES string of the molecule is CN1CC[C@H](C2(NC(=O)N[C@H]3CCCCCCCCC[C@@H](C(=O)C(=O)NC4CC4)NC(=O)[C@@H]4[C@@H]5[C@H](CN4C3=O)C5(C)C)CCCCC2)S1(=O)=O. The van der Waals surface area contributed by atoms with Crippen molar-refractivity contribution >= 4 is 39.6 Å². The van der Waals surface area contributed by atoms with Crippen LogP contribution >= 0.6 is 0 Å². The molecule has 3 heterocycles. The van der Waals surface area contributed by atoms with Crippen molar-refractivity contribution in [2.75, 3.05) is 20.1 Å². The maximum Gasteiger partial charge on any atom is 0.315 e. The number of ketones is 1. The van der Waals surface area contributed by atoms with E-state index < -0.39 is 62.6 Å². The van der Waals surface area contributed by atoms with Gasteiger partial charge in [-0.3, -0.25) is 19.2 Å². The van der Waals surface area contributed by atoms with Gasteiger partial charge in [-0.2, -0.15) is 0 Å². The Kier molecular flexibility index (Phi) is 10.9. The Bertz CT molecular complexity index is 1440. The zero-order valence-electron chi connectivity index (χ0n) is 30.1. The molecule has 3 saturated carbocycles. The highest BCUT2D eigenvalue weighted by Crippen LogP contribution is 2.65. The van der Waals surface area contributed by atoms with Gasteiger partial charge in [0.15, 0.2) is 0 Å². The van der Waals surface area contributed by atoms with Crippen molar-refractivity contribution < 1.29 is 32.4 Å². The zero-order valence-corrected chi connectivity index (χ0v) is 31.0. The molecule has 6 fully saturated rings. The number of amides is 5. The third-order valence-electron chi connectivity index (χ3n) is 12.8. The van der Waals surface area contributed by atoms with Gasteiger partial charge in [0.2, 0.25) is 27.6 Å². The molecule has 0 aromatic carbocycles. The normalized spacial score (nSPS) is 34.5. The van der Waals surface area contributed by atoms with E-state index in [0.29, 0.717) is 51.6 Å². The molecule has 3 aliphatic carbocycles. The molecule has 3 aliphatic heterocycles. The molecular weight excluding hydrogens is 660 g/mol. The lowest BCUT2D eigenvalue weighted by molar-refractivity contribution is -0.144. The van der Waals surface area contributed by atoms with E-state index in [1.54, 1.807) is 11.9 Å². The lowest BCUT2D eigenvalue weighted by atomic mass is 9.78. The van der Waals surface area contributed by atoms with Gasteiger partial charge in [0.25, 0.3) is 5.91 Å². The maximum absolute atomic E-state index is 14.5. The van der Waals surface area contributed by atoms with Crippen LogP contribution < -0.4 is 21.3 Å². The molecule has 3 saturated heterocycles. The molecule has 50 heavy (non-hydrogen) atoms. The van der Waals surface area contributed by atoms with Crippen LogP contribution in [0.25, 0.3) is 0 Å². The highest BCUT2D eigenvalue weighted by Gasteiger charge is 2.69. The summed E-state index contributed by atoms with van der Waals surface area (Å²) in [5.74, 6) is -2.08. The van der Waals surface area contributed by atoms with Crippen molar-refractivity contribution in [1.82, 2.24) is 30.5 Å². The van der Waals surface area contributed by atoms with Crippen molar-refractivity contribution in [2.45, 2.75) is 158 Å². The van der Waals surface area contributed by atoms with Crippen LogP contribution in [0.5, 0.6) is 0 Å². The fourth-order valence-corrected chi connectivity index (χ4v) is 11.6. The summed E-state index contributed by atoms with van der Waals surface area (Å²) in [5, 5.41) is 11.0. The van der Waals surface area contributed by atoms with E-state index >= 15 is 0 Å². The molecule has 0 unspecified atom stereocenters. The molecule has 0 aromatic heterocycles. The summed E-state index contributed by atoms with van der Waals surface area (Å²) < 4.78 is 28.1. The summed E-state index contributed by atoms with van der Waals surface area (Å²) in [6.07, 6.45) is 12.7. The van der Waals surface area contributed by atoms with Crippen molar-refractivity contribution in [2.24, 2.45) is 17.3 Å². The fraction of sp³-hybridized carbons (Fsp3) is 0.861. The Balaban J connectivity index is 1.22. The summed E-state index contributed by atoms with van der Waals surface area (Å²) in [4.78, 5) is 70.2. The predicted octanol–water partition coefficient (Wildman–Crippen LogP) is 2.73. The average Bonchev–Trinajstić information content (AvgIpc) is 3.88. The summed E-state index contributed by atoms with van der Waals surface area (Å²) in [5.41, 5.74) is -1.08. The standard InChI is InChI=1S/C36H58N6O7S/c1-35(2)24-22-42-29(28(24)35)31(44)38-25(30(43)32(45)37-23-16-17-23)14-10-7-5-4-6-8-11-15-26(33(42)46)39-34(47)40-36(19-12-9-13-20-36)27-18-21-41(3)50(27,48)49/h23-29H,4-22H2,1-3H3,(H,37,45)(H,38,44)(H2,39,40,47)/t24-,25-,26-,27+,28-,29-/m0/s1. The van der Waals surface area contributed by atoms with Crippen LogP contribution in [0.3, 0.4) is 0 Å². The van der Waals surface area contributed by atoms with E-state index in [-0.39, 0.29) is 29.2 Å². The first-order valence-electron chi connectivity index (χ1n) is 19.3. The van der Waals surface area contributed by atoms with Gasteiger partial charge in [-0.25, -0.2) is 17.5 Å². The van der Waals surface area contributed by atoms with Crippen molar-refractivity contribution in [1.29, 1.82) is 0 Å². The third-order valence-corrected chi connectivity index (χ3v) is 15.3. The number of urea groups is 1. The van der Waals surface area contributed by atoms with Crippen LogP contribution in [0.4, 0.5) is 4.79 Å². The van der Waals surface area contributed by atoms with Crippen LogP contribution in [-0.4, -0.2) is 102 Å². The molecule has 0 aromatic rings. The number of fused-ring (bicyclic) bond motifs is 3. The van der Waals surface area contributed by atoms with Crippen molar-refractivity contribution in [3.8, 4) is 0 Å². The molecule has 6 atom stereocenters. The third kappa shape index (κ3) is 7.56. The summed E-state index contributed by atoms with van der Waals surface area (Å²) in [6.45, 7) is 4.95. The summed E-state index contributed by atoms with van der Waals surface area (Å²) in [7, 11) is -2.00. The first-order valence-corrected chi connectivity index (χ1v) is 20.8. The van der Waals surface area contributed by atoms with Gasteiger partial charge in [0.05, 0.1) is 16.8 Å². The lowest BCUT2D eigenvalue weighted by Gasteiger charge is -2.42. The molecule has 4 N–H and O–H groups in total. The molecule has 6 aliphatic rings. The topological polar surface area (TPSA) is 174 Å². The minimum absolute atomic E-state index is 0.0165. The number of piperidine rings is 1. The molecule has 14 heteroatoms. The Hall–Kier alpha value is -2.74. The van der Waals surface area contributed by atoms with E-state index in [4.69, 9.17) is 0 Å². The number of nitrogens with one attached hydrogen (secondary N) is 4. The molecule has 0 bridgehead atoms. The van der Waals surface area contributed by atoms with Gasteiger partial charge in [-0.15, -0.1) is 0 Å². The van der Waals surface area contributed by atoms with Gasteiger partial charge in [-0.1, -0.05) is 78.1 Å². The second-order valence-corrected chi connectivity index (χ2v) is 18.8. The number of sulfonamides is 1. The first kappa shape index (κ1) is 37.0. The van der Waals surface area contributed by atoms with E-state index in [0.717, 1.165) is 70.6 Å². The van der Waals surface area contributed by atoms with Gasteiger partial charge in [0, 0.05) is 26.2 Å². The molecule has 280 valence electrons. The van der Waals surface area contributed by atoms with Gasteiger partial charge < -0.3 is 26.2 Å². The zero-order chi connectivity index (χ0) is 35.8. The number of hydrogen-bond donors (Lipinski definition) is 4. The second-order valence-electron chi connectivity index (χ2n) is 16.6. The number of hydrogen-bond acceptors (Lipinski definition) is 7. The van der Waals surface area contributed by atoms with Crippen LogP contribution in [-0.2, 0) is 29.2 Å². The Morgan fingerprint density at radius 2 is 1.44 bits per heavy atom. The number of Topliss-reactive ketones (excluding diaryl/α,β-unsaturated/α-hetero) is 1. The highest BCUT2D eigenvalue weighted by molar-refractivity contribution is 7.90. The molecule has 6 rings (SSSR count). The molecular formula is C36H58N6O7S. The molecule has 0 radical (unpaired) electrons. The van der Waals surface area contributed by atoms with Crippen LogP contribution in [0.2, 0.25) is 0 Å². The molecule has 0 spiro atoms. The monoisotopic (exact) mass is 718 g/mol. The fourth-order valence-electron chi connectivity index (χ4n) is 9.50. The first-order chi connectivity index (χ1) is 23.8. The Morgan fingerprint density at radius 3 is 2.06 bits per heavy atom. The minimum Gasteiger partial charge on any atom is -0.347 e. The number of carbonyl (C=O) groups is 5. The van der Waals surface area contributed by atoms with E-state index in [9.17, 15) is 32.4 Å². The number of carbonyl (C=O) groups excluding carboxylic acids is 5. The minimum atomic E-state index is -3.58. The average molecular weight is 719 g/mol. The van der Waals surface area contributed by atoms with Gasteiger partial charge in [-0.05, 0) is 62.2 Å². The quantitative estimate of drug-likeness (QED) is 0.306. The second kappa shape index (κ2) is 14.7. The van der Waals surface area contributed by atoms with Crippen molar-refractivity contribution in [3.63, 3.8) is 0 Å². The summed E-state index contributed by atoms with van der Waals surface area (Å²) >= 11 is 0. The van der Waals surface area contributed by atoms with Crippen molar-refractivity contribution in [3.05, 3.63) is 0 Å². The van der Waals surface area contributed by atoms with E-state index in [1.165, 1.54) is 4.31 Å².